The Kier molecular flexibility index (Phi) is 21.0. The highest BCUT2D eigenvalue weighted by atomic mass is 35.5. The number of carbonyl (C=O) groups is 2. The van der Waals surface area contributed by atoms with Gasteiger partial charge in [-0.05, 0) is 50.5 Å². The summed E-state index contributed by atoms with van der Waals surface area (Å²) in [6.45, 7) is 4.81. The molecular weight excluding hydrogens is 524 g/mol. The molecule has 5 nitrogen and oxygen atoms in total. The Morgan fingerprint density at radius 3 is 1.82 bits per heavy atom. The Balaban J connectivity index is 2.20. The molecule has 0 saturated heterocycles. The van der Waals surface area contributed by atoms with Crippen molar-refractivity contribution in [2.75, 3.05) is 12.5 Å². The normalized spacial score (nSPS) is 13.3. The van der Waals surface area contributed by atoms with E-state index in [2.05, 4.69) is 30.3 Å². The summed E-state index contributed by atoms with van der Waals surface area (Å²) < 4.78 is 6.36. The molecule has 0 bridgehead atoms. The van der Waals surface area contributed by atoms with E-state index in [1.807, 2.05) is 13.8 Å². The average molecular weight is 581 g/mol. The van der Waals surface area contributed by atoms with Gasteiger partial charge < -0.3 is 14.9 Å². The topological polar surface area (TPSA) is 83.8 Å². The second-order valence-electron chi connectivity index (χ2n) is 11.6. The van der Waals surface area contributed by atoms with Gasteiger partial charge in [-0.25, -0.2) is 0 Å². The summed E-state index contributed by atoms with van der Waals surface area (Å²) in [5, 5.41) is 18.7. The fraction of sp³-hybridized carbons (Fsp3) is 0.765. The molecule has 230 valence electrons. The van der Waals surface area contributed by atoms with Crippen LogP contribution in [0.2, 0.25) is 0 Å². The highest BCUT2D eigenvalue weighted by Gasteiger charge is 2.33. The second-order valence-corrected chi connectivity index (χ2v) is 11.9. The molecule has 1 aromatic carbocycles. The molecule has 0 aliphatic rings. The van der Waals surface area contributed by atoms with E-state index in [1.54, 1.807) is 0 Å². The lowest BCUT2D eigenvalue weighted by Gasteiger charge is -2.26. The molecule has 2 N–H and O–H groups in total. The van der Waals surface area contributed by atoms with Crippen molar-refractivity contribution in [1.29, 1.82) is 0 Å². The zero-order valence-electron chi connectivity index (χ0n) is 25.4. The number of benzene rings is 1. The monoisotopic (exact) mass is 580 g/mol. The third kappa shape index (κ3) is 16.0. The van der Waals surface area contributed by atoms with Gasteiger partial charge in [0.15, 0.2) is 0 Å². The van der Waals surface area contributed by atoms with Gasteiger partial charge in [0.1, 0.15) is 0 Å². The van der Waals surface area contributed by atoms with Crippen molar-refractivity contribution in [3.8, 4) is 0 Å². The van der Waals surface area contributed by atoms with Crippen molar-refractivity contribution >= 4 is 23.5 Å². The quantitative estimate of drug-likeness (QED) is 0.0799. The van der Waals surface area contributed by atoms with Crippen LogP contribution in [0.4, 0.5) is 0 Å². The van der Waals surface area contributed by atoms with E-state index in [-0.39, 0.29) is 12.0 Å². The molecule has 1 rings (SSSR count). The van der Waals surface area contributed by atoms with Gasteiger partial charge >= 0.3 is 11.9 Å². The molecule has 0 heterocycles. The maximum Gasteiger partial charge on any atom is 0.309 e. The molecule has 0 fully saturated rings. The summed E-state index contributed by atoms with van der Waals surface area (Å²) in [6, 6.07) is 10.6. The number of ether oxygens (including phenoxy) is 1. The molecule has 40 heavy (non-hydrogen) atoms. The summed E-state index contributed by atoms with van der Waals surface area (Å²) in [6.07, 6.45) is 20.0. The van der Waals surface area contributed by atoms with Gasteiger partial charge in [-0.2, -0.15) is 0 Å². The fourth-order valence-corrected chi connectivity index (χ4v) is 5.86. The van der Waals surface area contributed by atoms with Crippen LogP contribution in [0.25, 0.3) is 0 Å². The fourth-order valence-electron chi connectivity index (χ4n) is 5.57. The van der Waals surface area contributed by atoms with Crippen molar-refractivity contribution in [3.63, 3.8) is 0 Å². The molecule has 2 unspecified atom stereocenters. The predicted molar refractivity (Wildman–Crippen MR) is 166 cm³/mol. The summed E-state index contributed by atoms with van der Waals surface area (Å²) in [7, 11) is 0. The molecule has 0 radical (unpaired) electrons. The van der Waals surface area contributed by atoms with Crippen molar-refractivity contribution < 1.29 is 24.5 Å². The van der Waals surface area contributed by atoms with Crippen LogP contribution in [-0.2, 0) is 20.7 Å². The first-order valence-corrected chi connectivity index (χ1v) is 16.6. The van der Waals surface area contributed by atoms with Crippen LogP contribution in [0.15, 0.2) is 30.3 Å². The summed E-state index contributed by atoms with van der Waals surface area (Å²) in [5.74, 6) is -1.61. The maximum absolute atomic E-state index is 11.6. The largest absolute Gasteiger partial charge is 0.481 e. The van der Waals surface area contributed by atoms with E-state index < -0.39 is 23.3 Å². The number of hydrogen-bond donors (Lipinski definition) is 2. The van der Waals surface area contributed by atoms with Crippen molar-refractivity contribution in [2.45, 2.75) is 142 Å². The summed E-state index contributed by atoms with van der Waals surface area (Å²) in [4.78, 5) is 22.7. The Morgan fingerprint density at radius 2 is 1.30 bits per heavy atom. The molecular formula is C34H57ClO5. The Hall–Kier alpha value is -1.59. The number of aliphatic carboxylic acids is 2. The molecule has 0 spiro atoms. The number of hydrogen-bond acceptors (Lipinski definition) is 3. The Morgan fingerprint density at radius 1 is 0.775 bits per heavy atom. The first-order chi connectivity index (χ1) is 19.4. The van der Waals surface area contributed by atoms with E-state index >= 15 is 0 Å². The van der Waals surface area contributed by atoms with E-state index in [4.69, 9.17) is 21.4 Å². The number of carboxylic acid groups (broad SMARTS) is 2. The van der Waals surface area contributed by atoms with Gasteiger partial charge in [0.05, 0.1) is 17.4 Å². The number of unbranched alkanes of at least 4 members (excludes halogenated alkanes) is 11. The maximum atomic E-state index is 11.6. The van der Waals surface area contributed by atoms with Crippen LogP contribution in [-0.4, -0.2) is 40.7 Å². The van der Waals surface area contributed by atoms with Gasteiger partial charge in [-0.15, -0.1) is 11.6 Å². The lowest BCUT2D eigenvalue weighted by atomic mass is 9.78. The lowest BCUT2D eigenvalue weighted by molar-refractivity contribution is -0.150. The highest BCUT2D eigenvalue weighted by Crippen LogP contribution is 2.33. The summed E-state index contributed by atoms with van der Waals surface area (Å²) in [5.41, 5.74) is 0.809. The first kappa shape index (κ1) is 36.4. The molecule has 0 aromatic heterocycles. The van der Waals surface area contributed by atoms with Crippen molar-refractivity contribution in [2.24, 2.45) is 11.3 Å². The van der Waals surface area contributed by atoms with Crippen LogP contribution < -0.4 is 0 Å². The minimum atomic E-state index is -0.778. The third-order valence-corrected chi connectivity index (χ3v) is 9.00. The third-order valence-electron chi connectivity index (χ3n) is 8.63. The smallest absolute Gasteiger partial charge is 0.309 e. The first-order valence-electron chi connectivity index (χ1n) is 16.1. The minimum absolute atomic E-state index is 0.201. The standard InChI is InChI=1S/C34H57ClO5/c1-3-34(4-2,33(38)39)25-19-12-8-5-9-13-20-26-40-31(27-29-21-15-14-16-22-29)24-18-11-7-6-10-17-23-30(28-35)32(36)37/h14-16,21-22,30-31H,3-13,17-20,23-28H2,1-2H3,(H,36,37)(H,38,39). The average Bonchev–Trinajstić information content (AvgIpc) is 2.95. The van der Waals surface area contributed by atoms with E-state index in [9.17, 15) is 14.7 Å². The van der Waals surface area contributed by atoms with Gasteiger partial charge in [0.2, 0.25) is 0 Å². The number of halogens is 1. The van der Waals surface area contributed by atoms with Crippen LogP contribution in [0.5, 0.6) is 0 Å². The second kappa shape index (κ2) is 23.0. The van der Waals surface area contributed by atoms with Crippen molar-refractivity contribution in [1.82, 2.24) is 0 Å². The van der Waals surface area contributed by atoms with Gasteiger partial charge in [0.25, 0.3) is 0 Å². The molecule has 2 atom stereocenters. The zero-order chi connectivity index (χ0) is 29.5. The highest BCUT2D eigenvalue weighted by molar-refractivity contribution is 6.19. The molecule has 0 aliphatic heterocycles. The Bertz CT molecular complexity index is 765. The number of rotatable bonds is 27. The van der Waals surface area contributed by atoms with Crippen LogP contribution in [0, 0.1) is 11.3 Å². The molecule has 6 heteroatoms. The van der Waals surface area contributed by atoms with Crippen molar-refractivity contribution in [3.05, 3.63) is 35.9 Å². The number of alkyl halides is 1. The molecule has 0 amide bonds. The number of carboxylic acids is 2. The Labute approximate surface area is 249 Å². The van der Waals surface area contributed by atoms with Crippen LogP contribution in [0.1, 0.15) is 135 Å². The zero-order valence-corrected chi connectivity index (χ0v) is 26.1. The molecule has 0 aliphatic carbocycles. The minimum Gasteiger partial charge on any atom is -0.481 e. The van der Waals surface area contributed by atoms with Crippen LogP contribution in [0.3, 0.4) is 0 Å². The molecule has 1 aromatic rings. The van der Waals surface area contributed by atoms with E-state index in [1.165, 1.54) is 44.1 Å². The van der Waals surface area contributed by atoms with Gasteiger partial charge in [0, 0.05) is 12.5 Å². The van der Waals surface area contributed by atoms with E-state index in [0.29, 0.717) is 6.42 Å². The van der Waals surface area contributed by atoms with E-state index in [0.717, 1.165) is 83.7 Å². The lowest BCUT2D eigenvalue weighted by Crippen LogP contribution is -2.29. The SMILES string of the molecule is CCC(CC)(CCCCCCCCCOC(CCCCCCCCC(CCl)C(=O)O)Cc1ccccc1)C(=O)O. The van der Waals surface area contributed by atoms with Crippen LogP contribution >= 0.6 is 11.6 Å². The summed E-state index contributed by atoms with van der Waals surface area (Å²) >= 11 is 5.74. The predicted octanol–water partition coefficient (Wildman–Crippen LogP) is 9.69. The van der Waals surface area contributed by atoms with Gasteiger partial charge in [-0.1, -0.05) is 121 Å². The van der Waals surface area contributed by atoms with Gasteiger partial charge in [-0.3, -0.25) is 9.59 Å². The molecule has 0 saturated carbocycles.